The fraction of sp³-hybridized carbons (Fsp3) is 0.667. The molecular formula is C6H9NO2. The highest BCUT2D eigenvalue weighted by Gasteiger charge is 1.98. The molecule has 3 heteroatoms. The second kappa shape index (κ2) is 5.10. The summed E-state index contributed by atoms with van der Waals surface area (Å²) in [5.74, 6) is -0.431. The molecule has 0 saturated carbocycles. The van der Waals surface area contributed by atoms with Gasteiger partial charge in [-0.05, 0) is 6.42 Å². The van der Waals surface area contributed by atoms with Crippen molar-refractivity contribution in [2.45, 2.75) is 26.2 Å². The largest absolute Gasteiger partial charge is 0.351 e. The van der Waals surface area contributed by atoms with Crippen LogP contribution in [0.15, 0.2) is 0 Å². The van der Waals surface area contributed by atoms with Crippen LogP contribution in [-0.4, -0.2) is 5.97 Å². The van der Waals surface area contributed by atoms with Crippen molar-refractivity contribution < 1.29 is 9.53 Å². The normalized spacial score (nSPS) is 8.00. The first-order valence-corrected chi connectivity index (χ1v) is 2.90. The summed E-state index contributed by atoms with van der Waals surface area (Å²) in [6.45, 7) is 1.97. The average molecular weight is 127 g/mol. The molecule has 0 heterocycles. The van der Waals surface area contributed by atoms with E-state index in [0.717, 1.165) is 12.8 Å². The van der Waals surface area contributed by atoms with Crippen LogP contribution in [0.1, 0.15) is 26.2 Å². The minimum atomic E-state index is -0.431. The van der Waals surface area contributed by atoms with Crippen molar-refractivity contribution in [2.75, 3.05) is 0 Å². The van der Waals surface area contributed by atoms with Gasteiger partial charge in [0.05, 0.1) is 0 Å². The molecule has 0 aromatic heterocycles. The van der Waals surface area contributed by atoms with Crippen molar-refractivity contribution in [1.82, 2.24) is 0 Å². The Morgan fingerprint density at radius 3 is 2.89 bits per heavy atom. The van der Waals surface area contributed by atoms with E-state index >= 15 is 0 Å². The van der Waals surface area contributed by atoms with E-state index in [2.05, 4.69) is 4.74 Å². The highest BCUT2D eigenvalue weighted by molar-refractivity contribution is 5.70. The van der Waals surface area contributed by atoms with E-state index in [1.807, 2.05) is 6.92 Å². The number of unbranched alkanes of at least 4 members (excludes halogenated alkanes) is 1. The van der Waals surface area contributed by atoms with E-state index in [9.17, 15) is 4.79 Å². The molecule has 0 N–H and O–H groups in total. The highest BCUT2D eigenvalue weighted by atomic mass is 16.5. The predicted octanol–water partition coefficient (Wildman–Crippen LogP) is 1.20. The molecule has 0 rings (SSSR count). The van der Waals surface area contributed by atoms with Gasteiger partial charge >= 0.3 is 5.97 Å². The molecule has 0 atom stereocenters. The first-order valence-electron chi connectivity index (χ1n) is 2.90. The van der Waals surface area contributed by atoms with Gasteiger partial charge in [0.1, 0.15) is 0 Å². The van der Waals surface area contributed by atoms with Crippen molar-refractivity contribution in [3.63, 3.8) is 0 Å². The highest BCUT2D eigenvalue weighted by Crippen LogP contribution is 1.94. The minimum Gasteiger partial charge on any atom is -0.351 e. The van der Waals surface area contributed by atoms with E-state index in [4.69, 9.17) is 5.26 Å². The lowest BCUT2D eigenvalue weighted by Crippen LogP contribution is -1.97. The van der Waals surface area contributed by atoms with E-state index in [0.29, 0.717) is 6.42 Å². The number of carbonyl (C=O) groups is 1. The number of ether oxygens (including phenoxy) is 1. The molecule has 0 aliphatic heterocycles. The second-order valence-electron chi connectivity index (χ2n) is 1.67. The lowest BCUT2D eigenvalue weighted by Gasteiger charge is -1.90. The molecule has 0 unspecified atom stereocenters. The Morgan fingerprint density at radius 2 is 2.44 bits per heavy atom. The van der Waals surface area contributed by atoms with Gasteiger partial charge in [-0.1, -0.05) is 13.3 Å². The van der Waals surface area contributed by atoms with Crippen LogP contribution in [-0.2, 0) is 9.53 Å². The Balaban J connectivity index is 3.19. The number of hydrogen-bond acceptors (Lipinski definition) is 3. The number of carbonyl (C=O) groups excluding carboxylic acids is 1. The Morgan fingerprint density at radius 1 is 1.78 bits per heavy atom. The summed E-state index contributed by atoms with van der Waals surface area (Å²) in [6, 6.07) is 0. The zero-order chi connectivity index (χ0) is 7.11. The molecule has 0 aromatic rings. The quantitative estimate of drug-likeness (QED) is 0.422. The molecule has 0 spiro atoms. The maximum absolute atomic E-state index is 10.4. The topological polar surface area (TPSA) is 50.1 Å². The Kier molecular flexibility index (Phi) is 4.51. The SMILES string of the molecule is CCCCC(=O)OC#N. The Labute approximate surface area is 54.2 Å². The van der Waals surface area contributed by atoms with E-state index < -0.39 is 5.97 Å². The Hall–Kier alpha value is -1.04. The van der Waals surface area contributed by atoms with Gasteiger partial charge in [0.15, 0.2) is 0 Å². The summed E-state index contributed by atoms with van der Waals surface area (Å²) < 4.78 is 4.01. The average Bonchev–Trinajstić information content (AvgIpc) is 1.85. The molecule has 0 saturated heterocycles. The number of nitriles is 1. The molecule has 9 heavy (non-hydrogen) atoms. The van der Waals surface area contributed by atoms with Crippen LogP contribution in [0.2, 0.25) is 0 Å². The molecule has 0 aromatic carbocycles. The van der Waals surface area contributed by atoms with E-state index in [-0.39, 0.29) is 0 Å². The smallest absolute Gasteiger partial charge is 0.321 e. The van der Waals surface area contributed by atoms with Crippen LogP contribution in [0.3, 0.4) is 0 Å². The first-order chi connectivity index (χ1) is 4.31. The molecular weight excluding hydrogens is 118 g/mol. The summed E-state index contributed by atoms with van der Waals surface area (Å²) in [5, 5.41) is 7.84. The summed E-state index contributed by atoms with van der Waals surface area (Å²) in [7, 11) is 0. The summed E-state index contributed by atoms with van der Waals surface area (Å²) in [5.41, 5.74) is 0. The Bertz CT molecular complexity index is 126. The van der Waals surface area contributed by atoms with Crippen LogP contribution in [0.25, 0.3) is 0 Å². The monoisotopic (exact) mass is 127 g/mol. The lowest BCUT2D eigenvalue weighted by molar-refractivity contribution is -0.137. The summed E-state index contributed by atoms with van der Waals surface area (Å²) in [4.78, 5) is 10.4. The molecule has 0 fully saturated rings. The number of esters is 1. The van der Waals surface area contributed by atoms with Gasteiger partial charge < -0.3 is 4.74 Å². The third kappa shape index (κ3) is 4.82. The van der Waals surface area contributed by atoms with Crippen molar-refractivity contribution in [2.24, 2.45) is 0 Å². The van der Waals surface area contributed by atoms with Gasteiger partial charge in [-0.2, -0.15) is 0 Å². The van der Waals surface area contributed by atoms with Gasteiger partial charge in [0.2, 0.25) is 0 Å². The predicted molar refractivity (Wildman–Crippen MR) is 31.2 cm³/mol. The van der Waals surface area contributed by atoms with Crippen molar-refractivity contribution >= 4 is 5.97 Å². The minimum absolute atomic E-state index is 0.351. The first kappa shape index (κ1) is 7.96. The second-order valence-corrected chi connectivity index (χ2v) is 1.67. The molecule has 3 nitrogen and oxygen atoms in total. The molecule has 0 aliphatic carbocycles. The fourth-order valence-electron chi connectivity index (χ4n) is 0.423. The fourth-order valence-corrected chi connectivity index (χ4v) is 0.423. The van der Waals surface area contributed by atoms with E-state index in [1.54, 1.807) is 0 Å². The van der Waals surface area contributed by atoms with Gasteiger partial charge in [0.25, 0.3) is 6.26 Å². The molecule has 0 aliphatic rings. The van der Waals surface area contributed by atoms with Gasteiger partial charge in [-0.3, -0.25) is 4.79 Å². The maximum atomic E-state index is 10.4. The molecule has 0 bridgehead atoms. The third-order valence-corrected chi connectivity index (χ3v) is 0.894. The van der Waals surface area contributed by atoms with Crippen molar-refractivity contribution in [1.29, 1.82) is 5.26 Å². The van der Waals surface area contributed by atoms with Gasteiger partial charge in [-0.15, -0.1) is 5.26 Å². The number of rotatable bonds is 3. The van der Waals surface area contributed by atoms with Gasteiger partial charge in [-0.25, -0.2) is 0 Å². The third-order valence-electron chi connectivity index (χ3n) is 0.894. The van der Waals surface area contributed by atoms with Crippen molar-refractivity contribution in [3.05, 3.63) is 0 Å². The van der Waals surface area contributed by atoms with Crippen LogP contribution < -0.4 is 0 Å². The van der Waals surface area contributed by atoms with Crippen LogP contribution in [0, 0.1) is 11.5 Å². The standard InChI is InChI=1S/C6H9NO2/c1-2-3-4-6(8)9-5-7/h2-4H2,1H3. The maximum Gasteiger partial charge on any atom is 0.321 e. The summed E-state index contributed by atoms with van der Waals surface area (Å²) >= 11 is 0. The lowest BCUT2D eigenvalue weighted by atomic mass is 10.3. The van der Waals surface area contributed by atoms with Crippen molar-refractivity contribution in [3.8, 4) is 6.26 Å². The zero-order valence-electron chi connectivity index (χ0n) is 5.39. The molecule has 50 valence electrons. The van der Waals surface area contributed by atoms with E-state index in [1.165, 1.54) is 6.26 Å². The van der Waals surface area contributed by atoms with Crippen LogP contribution >= 0.6 is 0 Å². The van der Waals surface area contributed by atoms with Crippen LogP contribution in [0.4, 0.5) is 0 Å². The van der Waals surface area contributed by atoms with Crippen LogP contribution in [0.5, 0.6) is 0 Å². The molecule has 0 amide bonds. The number of hydrogen-bond donors (Lipinski definition) is 0. The van der Waals surface area contributed by atoms with Gasteiger partial charge in [0, 0.05) is 6.42 Å². The summed E-state index contributed by atoms with van der Waals surface area (Å²) in [6.07, 6.45) is 3.42. The zero-order valence-corrected chi connectivity index (χ0v) is 5.39. The number of nitrogens with zero attached hydrogens (tertiary/aromatic N) is 1. The molecule has 0 radical (unpaired) electrons.